The van der Waals surface area contributed by atoms with Crippen molar-refractivity contribution in [3.05, 3.63) is 58.8 Å². The number of fused-ring (bicyclic) bond motifs is 1. The molecule has 0 saturated heterocycles. The van der Waals surface area contributed by atoms with Crippen LogP contribution in [0.25, 0.3) is 0 Å². The smallest absolute Gasteiger partial charge is 0.129 e. The Labute approximate surface area is 106 Å². The number of hydrogen-bond donors (Lipinski definition) is 2. The highest BCUT2D eigenvalue weighted by Gasteiger charge is 2.34. The molecule has 1 aromatic heterocycles. The summed E-state index contributed by atoms with van der Waals surface area (Å²) in [4.78, 5) is 4.08. The third kappa shape index (κ3) is 1.59. The first-order valence-corrected chi connectivity index (χ1v) is 6.15. The number of nitrogens with zero attached hydrogens (tertiary/aromatic N) is 1. The number of rotatable bonds is 2. The van der Waals surface area contributed by atoms with E-state index in [9.17, 15) is 5.11 Å². The van der Waals surface area contributed by atoms with Crippen LogP contribution in [0.5, 0.6) is 0 Å². The summed E-state index contributed by atoms with van der Waals surface area (Å²) >= 11 is 0. The van der Waals surface area contributed by atoms with Crippen LogP contribution in [0.2, 0.25) is 0 Å². The number of benzene rings is 1. The van der Waals surface area contributed by atoms with Crippen molar-refractivity contribution in [1.29, 1.82) is 0 Å². The Hall–Kier alpha value is -1.87. The second kappa shape index (κ2) is 4.10. The van der Waals surface area contributed by atoms with Crippen molar-refractivity contribution in [1.82, 2.24) is 4.98 Å². The predicted octanol–water partition coefficient (Wildman–Crippen LogP) is 2.35. The van der Waals surface area contributed by atoms with Crippen molar-refractivity contribution in [2.24, 2.45) is 0 Å². The standard InChI is InChI=1S/C15H16N2O/c1-9-6-7-17-15(16)13(9)14(18)12-8-10-4-2-3-5-11(10)12/h2-7,12,14,18H,8H2,1H3,(H2,16,17). The summed E-state index contributed by atoms with van der Waals surface area (Å²) in [6.45, 7) is 1.96. The van der Waals surface area contributed by atoms with E-state index in [1.807, 2.05) is 25.1 Å². The highest BCUT2D eigenvalue weighted by Crippen LogP contribution is 2.44. The van der Waals surface area contributed by atoms with Gasteiger partial charge >= 0.3 is 0 Å². The number of hydrogen-bond acceptors (Lipinski definition) is 3. The zero-order valence-electron chi connectivity index (χ0n) is 10.3. The molecular weight excluding hydrogens is 224 g/mol. The zero-order chi connectivity index (χ0) is 12.7. The number of aliphatic hydroxyl groups excluding tert-OH is 1. The fraction of sp³-hybridized carbons (Fsp3) is 0.267. The molecule has 1 heterocycles. The normalized spacial score (nSPS) is 18.9. The van der Waals surface area contributed by atoms with Gasteiger partial charge < -0.3 is 10.8 Å². The summed E-state index contributed by atoms with van der Waals surface area (Å²) in [6, 6.07) is 10.1. The van der Waals surface area contributed by atoms with Crippen LogP contribution in [0, 0.1) is 6.92 Å². The molecule has 0 aliphatic heterocycles. The maximum atomic E-state index is 10.5. The molecule has 3 rings (SSSR count). The summed E-state index contributed by atoms with van der Waals surface area (Å²) < 4.78 is 0. The van der Waals surface area contributed by atoms with Crippen molar-refractivity contribution >= 4 is 5.82 Å². The van der Waals surface area contributed by atoms with Crippen LogP contribution in [0.15, 0.2) is 36.5 Å². The number of nitrogens with two attached hydrogens (primary N) is 1. The third-order valence-corrected chi connectivity index (χ3v) is 3.81. The van der Waals surface area contributed by atoms with E-state index in [4.69, 9.17) is 5.73 Å². The van der Waals surface area contributed by atoms with Gasteiger partial charge in [0, 0.05) is 17.7 Å². The molecule has 1 aliphatic carbocycles. The summed E-state index contributed by atoms with van der Waals surface area (Å²) in [5.41, 5.74) is 10.2. The molecule has 3 nitrogen and oxygen atoms in total. The van der Waals surface area contributed by atoms with Gasteiger partial charge in [0.15, 0.2) is 0 Å². The van der Waals surface area contributed by atoms with E-state index >= 15 is 0 Å². The summed E-state index contributed by atoms with van der Waals surface area (Å²) in [5.74, 6) is 0.582. The van der Waals surface area contributed by atoms with Crippen molar-refractivity contribution in [3.63, 3.8) is 0 Å². The van der Waals surface area contributed by atoms with Crippen LogP contribution in [0.3, 0.4) is 0 Å². The van der Waals surface area contributed by atoms with E-state index in [2.05, 4.69) is 17.1 Å². The Morgan fingerprint density at radius 1 is 1.33 bits per heavy atom. The molecule has 1 aromatic carbocycles. The van der Waals surface area contributed by atoms with Crippen LogP contribution in [-0.4, -0.2) is 10.1 Å². The lowest BCUT2D eigenvalue weighted by molar-refractivity contribution is 0.134. The van der Waals surface area contributed by atoms with Gasteiger partial charge in [0.1, 0.15) is 5.82 Å². The topological polar surface area (TPSA) is 59.1 Å². The Bertz CT molecular complexity index is 575. The highest BCUT2D eigenvalue weighted by atomic mass is 16.3. The van der Waals surface area contributed by atoms with Gasteiger partial charge in [0.2, 0.25) is 0 Å². The van der Waals surface area contributed by atoms with E-state index in [0.29, 0.717) is 5.82 Å². The van der Waals surface area contributed by atoms with E-state index in [-0.39, 0.29) is 5.92 Å². The summed E-state index contributed by atoms with van der Waals surface area (Å²) in [6.07, 6.45) is 2.02. The number of aromatic nitrogens is 1. The first kappa shape index (κ1) is 11.2. The molecule has 1 aliphatic rings. The summed E-state index contributed by atoms with van der Waals surface area (Å²) in [7, 11) is 0. The highest BCUT2D eigenvalue weighted by molar-refractivity contribution is 5.50. The van der Waals surface area contributed by atoms with Gasteiger partial charge in [-0.15, -0.1) is 0 Å². The van der Waals surface area contributed by atoms with Crippen LogP contribution in [0.4, 0.5) is 5.82 Å². The molecule has 2 unspecified atom stereocenters. The molecule has 2 aromatic rings. The van der Waals surface area contributed by atoms with Crippen LogP contribution >= 0.6 is 0 Å². The lowest BCUT2D eigenvalue weighted by Crippen LogP contribution is -2.25. The first-order chi connectivity index (χ1) is 8.68. The Kier molecular flexibility index (Phi) is 2.56. The molecule has 3 heteroatoms. The molecular formula is C15H16N2O. The molecule has 0 amide bonds. The molecule has 0 radical (unpaired) electrons. The van der Waals surface area contributed by atoms with Gasteiger partial charge in [-0.1, -0.05) is 24.3 Å². The molecule has 0 fully saturated rings. The molecule has 3 N–H and O–H groups in total. The van der Waals surface area contributed by atoms with Crippen molar-refractivity contribution in [2.75, 3.05) is 5.73 Å². The molecule has 0 saturated carbocycles. The number of nitrogen functional groups attached to an aromatic ring is 1. The van der Waals surface area contributed by atoms with Crippen LogP contribution < -0.4 is 5.73 Å². The second-order valence-corrected chi connectivity index (χ2v) is 4.88. The molecule has 92 valence electrons. The number of aliphatic hydroxyl groups is 1. The SMILES string of the molecule is Cc1ccnc(N)c1C(O)C1Cc2ccccc21. The third-order valence-electron chi connectivity index (χ3n) is 3.81. The largest absolute Gasteiger partial charge is 0.388 e. The Balaban J connectivity index is 1.96. The molecule has 0 bridgehead atoms. The number of aryl methyl sites for hydroxylation is 1. The lowest BCUT2D eigenvalue weighted by atomic mass is 9.72. The number of anilines is 1. The number of pyridine rings is 1. The van der Waals surface area contributed by atoms with E-state index in [1.54, 1.807) is 6.20 Å². The fourth-order valence-corrected chi connectivity index (χ4v) is 2.76. The van der Waals surface area contributed by atoms with E-state index in [1.165, 1.54) is 11.1 Å². The van der Waals surface area contributed by atoms with Gasteiger partial charge in [-0.2, -0.15) is 0 Å². The quantitative estimate of drug-likeness (QED) is 0.847. The average molecular weight is 240 g/mol. The van der Waals surface area contributed by atoms with Crippen molar-refractivity contribution in [3.8, 4) is 0 Å². The minimum atomic E-state index is -0.561. The van der Waals surface area contributed by atoms with Crippen LogP contribution in [0.1, 0.15) is 34.3 Å². The van der Waals surface area contributed by atoms with Crippen molar-refractivity contribution < 1.29 is 5.11 Å². The molecule has 18 heavy (non-hydrogen) atoms. The van der Waals surface area contributed by atoms with E-state index < -0.39 is 6.10 Å². The van der Waals surface area contributed by atoms with Gasteiger partial charge in [0.05, 0.1) is 6.10 Å². The van der Waals surface area contributed by atoms with Crippen molar-refractivity contribution in [2.45, 2.75) is 25.4 Å². The second-order valence-electron chi connectivity index (χ2n) is 4.88. The minimum Gasteiger partial charge on any atom is -0.388 e. The van der Waals surface area contributed by atoms with Gasteiger partial charge in [-0.3, -0.25) is 0 Å². The monoisotopic (exact) mass is 240 g/mol. The maximum absolute atomic E-state index is 10.5. The minimum absolute atomic E-state index is 0.145. The molecule has 2 atom stereocenters. The predicted molar refractivity (Wildman–Crippen MR) is 71.2 cm³/mol. The maximum Gasteiger partial charge on any atom is 0.129 e. The zero-order valence-corrected chi connectivity index (χ0v) is 10.3. The first-order valence-electron chi connectivity index (χ1n) is 6.15. The van der Waals surface area contributed by atoms with E-state index in [0.717, 1.165) is 17.5 Å². The Morgan fingerprint density at radius 2 is 2.11 bits per heavy atom. The summed E-state index contributed by atoms with van der Waals surface area (Å²) in [5, 5.41) is 10.5. The average Bonchev–Trinajstić information content (AvgIpc) is 2.30. The Morgan fingerprint density at radius 3 is 2.83 bits per heavy atom. The fourth-order valence-electron chi connectivity index (χ4n) is 2.76. The lowest BCUT2D eigenvalue weighted by Gasteiger charge is -2.34. The van der Waals surface area contributed by atoms with Gasteiger partial charge in [-0.05, 0) is 36.1 Å². The van der Waals surface area contributed by atoms with Gasteiger partial charge in [-0.25, -0.2) is 4.98 Å². The van der Waals surface area contributed by atoms with Gasteiger partial charge in [0.25, 0.3) is 0 Å². The van der Waals surface area contributed by atoms with Crippen LogP contribution in [-0.2, 0) is 6.42 Å². The molecule has 0 spiro atoms.